The van der Waals surface area contributed by atoms with Crippen LogP contribution in [-0.4, -0.2) is 50.9 Å². The fraction of sp³-hybridized carbons (Fsp3) is 0.381. The van der Waals surface area contributed by atoms with E-state index in [2.05, 4.69) is 5.32 Å². The van der Waals surface area contributed by atoms with E-state index < -0.39 is 0 Å². The number of piperazine rings is 1. The number of ether oxygens (including phenoxy) is 3. The number of nitrogens with zero attached hydrogens (tertiary/aromatic N) is 1. The summed E-state index contributed by atoms with van der Waals surface area (Å²) >= 11 is 0. The van der Waals surface area contributed by atoms with Crippen LogP contribution in [0.4, 0.5) is 4.79 Å². The molecule has 0 spiro atoms. The van der Waals surface area contributed by atoms with Crippen LogP contribution in [0.3, 0.4) is 0 Å². The van der Waals surface area contributed by atoms with Gasteiger partial charge < -0.3 is 24.4 Å². The number of carbonyl (C=O) groups excluding carboxylic acids is 1. The summed E-state index contributed by atoms with van der Waals surface area (Å²) in [5.74, 6) is 1.45. The number of hydrogen-bond donors (Lipinski definition) is 1. The Labute approximate surface area is 160 Å². The Morgan fingerprint density at radius 2 is 1.93 bits per heavy atom. The number of benzene rings is 2. The molecule has 0 saturated carbocycles. The summed E-state index contributed by atoms with van der Waals surface area (Å²) in [7, 11) is 3.27. The lowest BCUT2D eigenvalue weighted by atomic mass is 10.0. The van der Waals surface area contributed by atoms with Crippen molar-refractivity contribution in [2.24, 2.45) is 0 Å². The molecule has 1 fully saturated rings. The van der Waals surface area contributed by atoms with Crippen LogP contribution < -0.4 is 14.8 Å². The van der Waals surface area contributed by atoms with Gasteiger partial charge in [0.05, 0.1) is 14.2 Å². The average molecular weight is 370 g/mol. The van der Waals surface area contributed by atoms with E-state index in [1.54, 1.807) is 19.1 Å². The molecule has 3 rings (SSSR count). The lowest BCUT2D eigenvalue weighted by Crippen LogP contribution is -2.53. The molecule has 2 aromatic rings. The maximum absolute atomic E-state index is 12.4. The highest BCUT2D eigenvalue weighted by atomic mass is 16.6. The second-order valence-corrected chi connectivity index (χ2v) is 6.49. The molecule has 1 amide bonds. The standard InChI is InChI=1S/C21H26N2O4/c1-25-19-10-6-9-17(20(19)26-2)13-18-14-23(12-11-22-18)21(24)27-15-16-7-4-3-5-8-16/h3-10,18,22H,11-15H2,1-2H3. The predicted octanol–water partition coefficient (Wildman–Crippen LogP) is 2.86. The van der Waals surface area contributed by atoms with Crippen molar-refractivity contribution in [3.63, 3.8) is 0 Å². The van der Waals surface area contributed by atoms with E-state index in [-0.39, 0.29) is 18.7 Å². The van der Waals surface area contributed by atoms with Gasteiger partial charge in [-0.15, -0.1) is 0 Å². The maximum Gasteiger partial charge on any atom is 0.410 e. The monoisotopic (exact) mass is 370 g/mol. The summed E-state index contributed by atoms with van der Waals surface area (Å²) in [6.45, 7) is 2.25. The minimum absolute atomic E-state index is 0.129. The lowest BCUT2D eigenvalue weighted by molar-refractivity contribution is 0.0849. The molecule has 0 bridgehead atoms. The van der Waals surface area contributed by atoms with E-state index in [4.69, 9.17) is 14.2 Å². The molecule has 6 heteroatoms. The van der Waals surface area contributed by atoms with E-state index in [1.165, 1.54) is 0 Å². The van der Waals surface area contributed by atoms with Gasteiger partial charge in [0.1, 0.15) is 6.61 Å². The van der Waals surface area contributed by atoms with Gasteiger partial charge in [-0.25, -0.2) is 4.79 Å². The van der Waals surface area contributed by atoms with Crippen molar-refractivity contribution in [3.8, 4) is 11.5 Å². The first-order valence-corrected chi connectivity index (χ1v) is 9.10. The fourth-order valence-electron chi connectivity index (χ4n) is 3.32. The zero-order valence-electron chi connectivity index (χ0n) is 15.8. The van der Waals surface area contributed by atoms with E-state index in [1.807, 2.05) is 48.5 Å². The van der Waals surface area contributed by atoms with E-state index in [0.717, 1.165) is 29.8 Å². The largest absolute Gasteiger partial charge is 0.493 e. The van der Waals surface area contributed by atoms with Gasteiger partial charge in [0.15, 0.2) is 11.5 Å². The van der Waals surface area contributed by atoms with Crippen molar-refractivity contribution in [3.05, 3.63) is 59.7 Å². The van der Waals surface area contributed by atoms with Crippen LogP contribution in [0.15, 0.2) is 48.5 Å². The molecule has 1 heterocycles. The third-order valence-electron chi connectivity index (χ3n) is 4.67. The zero-order valence-corrected chi connectivity index (χ0v) is 15.8. The van der Waals surface area contributed by atoms with Crippen molar-refractivity contribution in [2.75, 3.05) is 33.9 Å². The molecule has 0 aliphatic carbocycles. The quantitative estimate of drug-likeness (QED) is 0.847. The van der Waals surface area contributed by atoms with Crippen molar-refractivity contribution < 1.29 is 19.0 Å². The average Bonchev–Trinajstić information content (AvgIpc) is 2.72. The molecule has 1 aliphatic rings. The second kappa shape index (κ2) is 9.28. The summed E-state index contributed by atoms with van der Waals surface area (Å²) in [6.07, 6.45) is 0.464. The molecule has 1 aliphatic heterocycles. The summed E-state index contributed by atoms with van der Waals surface area (Å²) < 4.78 is 16.3. The molecule has 1 N–H and O–H groups in total. The summed E-state index contributed by atoms with van der Waals surface area (Å²) in [4.78, 5) is 14.2. The molecule has 0 radical (unpaired) electrons. The topological polar surface area (TPSA) is 60.0 Å². The number of amides is 1. The van der Waals surface area contributed by atoms with Crippen molar-refractivity contribution >= 4 is 6.09 Å². The van der Waals surface area contributed by atoms with Crippen LogP contribution in [0.25, 0.3) is 0 Å². The Morgan fingerprint density at radius 1 is 1.11 bits per heavy atom. The normalized spacial score (nSPS) is 16.7. The van der Waals surface area contributed by atoms with Crippen molar-refractivity contribution in [1.29, 1.82) is 0 Å². The number of carbonyl (C=O) groups is 1. The predicted molar refractivity (Wildman–Crippen MR) is 103 cm³/mol. The molecule has 1 atom stereocenters. The Balaban J connectivity index is 1.58. The Morgan fingerprint density at radius 3 is 2.67 bits per heavy atom. The van der Waals surface area contributed by atoms with Gasteiger partial charge in [-0.05, 0) is 23.6 Å². The van der Waals surface area contributed by atoms with Crippen LogP contribution in [0.2, 0.25) is 0 Å². The third kappa shape index (κ3) is 4.92. The van der Waals surface area contributed by atoms with Crippen LogP contribution in [0, 0.1) is 0 Å². The molecule has 0 aromatic heterocycles. The van der Waals surface area contributed by atoms with Gasteiger partial charge in [-0.3, -0.25) is 0 Å². The first-order chi connectivity index (χ1) is 13.2. The van der Waals surface area contributed by atoms with Crippen LogP contribution >= 0.6 is 0 Å². The number of nitrogens with one attached hydrogen (secondary N) is 1. The molecular weight excluding hydrogens is 344 g/mol. The summed E-state index contributed by atoms with van der Waals surface area (Å²) in [5, 5.41) is 3.47. The second-order valence-electron chi connectivity index (χ2n) is 6.49. The highest BCUT2D eigenvalue weighted by molar-refractivity contribution is 5.67. The third-order valence-corrected chi connectivity index (χ3v) is 4.67. The minimum atomic E-state index is -0.275. The highest BCUT2D eigenvalue weighted by Gasteiger charge is 2.25. The number of methoxy groups -OCH3 is 2. The van der Waals surface area contributed by atoms with E-state index >= 15 is 0 Å². The Hall–Kier alpha value is -2.73. The fourth-order valence-corrected chi connectivity index (χ4v) is 3.32. The molecule has 144 valence electrons. The van der Waals surface area contributed by atoms with Gasteiger partial charge in [-0.2, -0.15) is 0 Å². The highest BCUT2D eigenvalue weighted by Crippen LogP contribution is 2.31. The van der Waals surface area contributed by atoms with Crippen molar-refractivity contribution in [1.82, 2.24) is 10.2 Å². The van der Waals surface area contributed by atoms with Gasteiger partial charge in [0.2, 0.25) is 0 Å². The smallest absolute Gasteiger partial charge is 0.410 e. The number of rotatable bonds is 6. The molecule has 2 aromatic carbocycles. The maximum atomic E-state index is 12.4. The summed E-state index contributed by atoms with van der Waals surface area (Å²) in [5.41, 5.74) is 2.03. The SMILES string of the molecule is COc1cccc(CC2CN(C(=O)OCc3ccccc3)CCN2)c1OC. The first-order valence-electron chi connectivity index (χ1n) is 9.10. The van der Waals surface area contributed by atoms with E-state index in [0.29, 0.717) is 18.8 Å². The molecule has 27 heavy (non-hydrogen) atoms. The number of para-hydroxylation sites is 1. The number of hydrogen-bond acceptors (Lipinski definition) is 5. The van der Waals surface area contributed by atoms with E-state index in [9.17, 15) is 4.79 Å². The van der Waals surface area contributed by atoms with Crippen LogP contribution in [-0.2, 0) is 17.8 Å². The van der Waals surface area contributed by atoms with Gasteiger partial charge in [0.25, 0.3) is 0 Å². The van der Waals surface area contributed by atoms with Gasteiger partial charge >= 0.3 is 6.09 Å². The molecule has 6 nitrogen and oxygen atoms in total. The lowest BCUT2D eigenvalue weighted by Gasteiger charge is -2.33. The summed E-state index contributed by atoms with van der Waals surface area (Å²) in [6, 6.07) is 15.7. The zero-order chi connectivity index (χ0) is 19.1. The van der Waals surface area contributed by atoms with Gasteiger partial charge in [-0.1, -0.05) is 42.5 Å². The minimum Gasteiger partial charge on any atom is -0.493 e. The Kier molecular flexibility index (Phi) is 6.54. The van der Waals surface area contributed by atoms with Crippen LogP contribution in [0.5, 0.6) is 11.5 Å². The Bertz CT molecular complexity index is 751. The van der Waals surface area contributed by atoms with Crippen molar-refractivity contribution in [2.45, 2.75) is 19.1 Å². The molecular formula is C21H26N2O4. The molecule has 1 saturated heterocycles. The van der Waals surface area contributed by atoms with Crippen LogP contribution in [0.1, 0.15) is 11.1 Å². The first kappa shape index (κ1) is 19.0. The molecule has 1 unspecified atom stereocenters. The van der Waals surface area contributed by atoms with Gasteiger partial charge in [0, 0.05) is 25.7 Å².